The molecule has 3 aromatic heterocycles. The van der Waals surface area contributed by atoms with Crippen LogP contribution in [0.5, 0.6) is 5.75 Å². The number of ether oxygens (including phenoxy) is 1. The van der Waals surface area contributed by atoms with E-state index in [0.29, 0.717) is 28.2 Å². The molecule has 0 fully saturated rings. The van der Waals surface area contributed by atoms with E-state index in [2.05, 4.69) is 25.5 Å². The molecule has 0 spiro atoms. The van der Waals surface area contributed by atoms with Gasteiger partial charge in [0, 0.05) is 18.7 Å². The summed E-state index contributed by atoms with van der Waals surface area (Å²) in [6.07, 6.45) is -4.50. The Kier molecular flexibility index (Phi) is 4.13. The molecule has 3 heterocycles. The third-order valence-corrected chi connectivity index (χ3v) is 4.06. The maximum absolute atomic E-state index is 12.9. The minimum atomic E-state index is -4.50. The number of nitrogen functional groups attached to an aromatic ring is 1. The van der Waals surface area contributed by atoms with Gasteiger partial charge in [-0.3, -0.25) is 4.68 Å². The summed E-state index contributed by atoms with van der Waals surface area (Å²) in [5.74, 6) is 0.640. The largest absolute Gasteiger partial charge is 0.486 e. The van der Waals surface area contributed by atoms with E-state index in [1.54, 1.807) is 24.3 Å². The van der Waals surface area contributed by atoms with Crippen molar-refractivity contribution >= 4 is 17.0 Å². The lowest BCUT2D eigenvalue weighted by Gasteiger charge is -2.09. The van der Waals surface area contributed by atoms with Crippen LogP contribution in [-0.2, 0) is 19.8 Å². The van der Waals surface area contributed by atoms with Crippen molar-refractivity contribution in [1.82, 2.24) is 30.2 Å². The first-order valence-corrected chi connectivity index (χ1v) is 8.11. The lowest BCUT2D eigenvalue weighted by atomic mass is 10.1. The number of fused-ring (bicyclic) bond motifs is 1. The van der Waals surface area contributed by atoms with Crippen molar-refractivity contribution in [2.75, 3.05) is 5.73 Å². The number of rotatable bonds is 4. The van der Waals surface area contributed by atoms with Gasteiger partial charge in [0.2, 0.25) is 5.65 Å². The van der Waals surface area contributed by atoms with E-state index in [9.17, 15) is 13.2 Å². The number of aromatic amines is 1. The Morgan fingerprint density at radius 1 is 1.18 bits per heavy atom. The van der Waals surface area contributed by atoms with Crippen LogP contribution >= 0.6 is 0 Å². The quantitative estimate of drug-likeness (QED) is 0.556. The minimum Gasteiger partial charge on any atom is -0.486 e. The molecule has 0 aliphatic carbocycles. The van der Waals surface area contributed by atoms with Gasteiger partial charge in [0.15, 0.2) is 17.0 Å². The molecule has 4 aromatic rings. The molecule has 0 saturated carbocycles. The third-order valence-electron chi connectivity index (χ3n) is 4.06. The molecule has 144 valence electrons. The van der Waals surface area contributed by atoms with Crippen molar-refractivity contribution in [1.29, 1.82) is 0 Å². The van der Waals surface area contributed by atoms with E-state index < -0.39 is 11.9 Å². The highest BCUT2D eigenvalue weighted by atomic mass is 19.4. The molecular formula is C17H14F3N7O. The van der Waals surface area contributed by atoms with Crippen LogP contribution in [-0.4, -0.2) is 30.2 Å². The van der Waals surface area contributed by atoms with Gasteiger partial charge < -0.3 is 10.5 Å². The fourth-order valence-electron chi connectivity index (χ4n) is 2.79. The molecule has 1 aromatic carbocycles. The Balaban J connectivity index is 1.59. The topological polar surface area (TPSA) is 108 Å². The van der Waals surface area contributed by atoms with Crippen LogP contribution in [0.15, 0.2) is 36.4 Å². The normalized spacial score (nSPS) is 11.9. The first kappa shape index (κ1) is 17.8. The molecule has 0 aliphatic heterocycles. The maximum atomic E-state index is 12.9. The van der Waals surface area contributed by atoms with Crippen molar-refractivity contribution in [3.63, 3.8) is 0 Å². The van der Waals surface area contributed by atoms with Crippen LogP contribution in [0.1, 0.15) is 11.3 Å². The molecule has 0 unspecified atom stereocenters. The summed E-state index contributed by atoms with van der Waals surface area (Å²) in [6.45, 7) is 0.156. The number of nitrogens with two attached hydrogens (primary N) is 1. The molecule has 8 nitrogen and oxygen atoms in total. The van der Waals surface area contributed by atoms with Crippen LogP contribution in [0, 0.1) is 0 Å². The molecule has 0 radical (unpaired) electrons. The minimum absolute atomic E-state index is 0.156. The fraction of sp³-hybridized carbons (Fsp3) is 0.176. The van der Waals surface area contributed by atoms with E-state index in [1.807, 2.05) is 0 Å². The number of H-pyrrole nitrogens is 1. The summed E-state index contributed by atoms with van der Waals surface area (Å²) < 4.78 is 45.7. The van der Waals surface area contributed by atoms with Crippen LogP contribution in [0.3, 0.4) is 0 Å². The molecule has 3 N–H and O–H groups in total. The average molecular weight is 389 g/mol. The molecule has 0 saturated heterocycles. The second kappa shape index (κ2) is 6.51. The highest BCUT2D eigenvalue weighted by Crippen LogP contribution is 2.32. The molecule has 0 bridgehead atoms. The molecule has 0 amide bonds. The zero-order chi connectivity index (χ0) is 19.9. The number of hydrogen-bond acceptors (Lipinski definition) is 6. The highest BCUT2D eigenvalue weighted by Gasteiger charge is 2.34. The third kappa shape index (κ3) is 3.33. The number of nitrogens with zero attached hydrogens (tertiary/aromatic N) is 5. The van der Waals surface area contributed by atoms with E-state index in [-0.39, 0.29) is 12.4 Å². The van der Waals surface area contributed by atoms with Gasteiger partial charge in [0.25, 0.3) is 0 Å². The van der Waals surface area contributed by atoms with E-state index >= 15 is 0 Å². The second-order valence-electron chi connectivity index (χ2n) is 6.07. The molecule has 28 heavy (non-hydrogen) atoms. The lowest BCUT2D eigenvalue weighted by Crippen LogP contribution is -2.06. The number of aryl methyl sites for hydroxylation is 1. The number of aromatic nitrogens is 6. The monoisotopic (exact) mass is 389 g/mol. The van der Waals surface area contributed by atoms with Gasteiger partial charge in [-0.2, -0.15) is 28.6 Å². The number of halogens is 3. The zero-order valence-electron chi connectivity index (χ0n) is 14.5. The Bertz CT molecular complexity index is 1150. The van der Waals surface area contributed by atoms with Gasteiger partial charge >= 0.3 is 6.18 Å². The van der Waals surface area contributed by atoms with Crippen LogP contribution < -0.4 is 10.5 Å². The smallest absolute Gasteiger partial charge is 0.435 e. The SMILES string of the molecule is Cn1nc(C(F)(F)F)cc1-c1cccc(COc2cc(N)nc3n[nH]nc23)c1. The van der Waals surface area contributed by atoms with Gasteiger partial charge in [-0.1, -0.05) is 18.2 Å². The second-order valence-corrected chi connectivity index (χ2v) is 6.07. The first-order valence-electron chi connectivity index (χ1n) is 8.11. The molecule has 0 atom stereocenters. The van der Waals surface area contributed by atoms with Gasteiger partial charge in [0.1, 0.15) is 12.4 Å². The Labute approximate surface area is 156 Å². The summed E-state index contributed by atoms with van der Waals surface area (Å²) in [5, 5.41) is 13.8. The van der Waals surface area contributed by atoms with E-state index in [1.165, 1.54) is 17.8 Å². The molecular weight excluding hydrogens is 375 g/mol. The van der Waals surface area contributed by atoms with Gasteiger partial charge in [-0.25, -0.2) is 4.98 Å². The Hall–Kier alpha value is -3.63. The van der Waals surface area contributed by atoms with Gasteiger partial charge in [-0.15, -0.1) is 5.10 Å². The summed E-state index contributed by atoms with van der Waals surface area (Å²) in [7, 11) is 1.47. The molecule has 0 aliphatic rings. The maximum Gasteiger partial charge on any atom is 0.435 e. The number of anilines is 1. The van der Waals surface area contributed by atoms with Crippen molar-refractivity contribution in [3.05, 3.63) is 47.7 Å². The number of nitrogens with one attached hydrogen (secondary N) is 1. The fourth-order valence-corrected chi connectivity index (χ4v) is 2.79. The van der Waals surface area contributed by atoms with Gasteiger partial charge in [-0.05, 0) is 17.7 Å². The van der Waals surface area contributed by atoms with Crippen molar-refractivity contribution < 1.29 is 17.9 Å². The van der Waals surface area contributed by atoms with Gasteiger partial charge in [0.05, 0.1) is 5.69 Å². The number of alkyl halides is 3. The lowest BCUT2D eigenvalue weighted by molar-refractivity contribution is -0.141. The van der Waals surface area contributed by atoms with E-state index in [4.69, 9.17) is 10.5 Å². The summed E-state index contributed by atoms with van der Waals surface area (Å²) in [4.78, 5) is 4.03. The predicted molar refractivity (Wildman–Crippen MR) is 94.1 cm³/mol. The van der Waals surface area contributed by atoms with Crippen molar-refractivity contribution in [3.8, 4) is 17.0 Å². The number of pyridine rings is 1. The van der Waals surface area contributed by atoms with Crippen LogP contribution in [0.2, 0.25) is 0 Å². The molecule has 11 heteroatoms. The Morgan fingerprint density at radius 2 is 2.00 bits per heavy atom. The van der Waals surface area contributed by atoms with Crippen molar-refractivity contribution in [2.45, 2.75) is 12.8 Å². The predicted octanol–water partition coefficient (Wildman–Crippen LogP) is 2.93. The molecule has 4 rings (SSSR count). The van der Waals surface area contributed by atoms with Crippen LogP contribution in [0.25, 0.3) is 22.4 Å². The average Bonchev–Trinajstić information content (AvgIpc) is 3.26. The van der Waals surface area contributed by atoms with Crippen molar-refractivity contribution in [2.24, 2.45) is 7.05 Å². The zero-order valence-corrected chi connectivity index (χ0v) is 14.5. The Morgan fingerprint density at radius 3 is 2.75 bits per heavy atom. The van der Waals surface area contributed by atoms with E-state index in [0.717, 1.165) is 11.6 Å². The highest BCUT2D eigenvalue weighted by molar-refractivity contribution is 5.78. The summed E-state index contributed by atoms with van der Waals surface area (Å²) in [6, 6.07) is 9.53. The standard InChI is InChI=1S/C17H14F3N7O/c1-27-11(6-13(25-27)17(18,19)20)10-4-2-3-9(5-10)8-28-12-7-14(21)22-16-15(12)23-26-24-16/h2-7H,8H2,1H3,(H3,21,22,23,24,26). The summed E-state index contributed by atoms with van der Waals surface area (Å²) in [5.41, 5.74) is 7.25. The first-order chi connectivity index (χ1) is 13.3. The van der Waals surface area contributed by atoms with Crippen LogP contribution in [0.4, 0.5) is 19.0 Å². The summed E-state index contributed by atoms with van der Waals surface area (Å²) >= 11 is 0. The number of benzene rings is 1. The number of hydrogen-bond donors (Lipinski definition) is 2.